The normalized spacial score (nSPS) is 26.7. The van der Waals surface area contributed by atoms with Crippen LogP contribution in [0.25, 0.3) is 0 Å². The lowest BCUT2D eigenvalue weighted by molar-refractivity contribution is -0.149. The highest BCUT2D eigenvalue weighted by Gasteiger charge is 2.33. The average molecular weight is 555 g/mol. The summed E-state index contributed by atoms with van der Waals surface area (Å²) in [5.41, 5.74) is 1.15. The van der Waals surface area contributed by atoms with Crippen LogP contribution in [0.15, 0.2) is 58.4 Å². The lowest BCUT2D eigenvalue weighted by Gasteiger charge is -2.27. The fraction of sp³-hybridized carbons (Fsp3) is 0.533. The van der Waals surface area contributed by atoms with Crippen molar-refractivity contribution in [2.75, 3.05) is 27.2 Å². The Kier molecular flexibility index (Phi) is 11.0. The predicted octanol–water partition coefficient (Wildman–Crippen LogP) is 3.02. The van der Waals surface area contributed by atoms with Crippen LogP contribution < -0.4 is 5.32 Å². The number of oxazole rings is 1. The molecule has 1 aromatic heterocycles. The van der Waals surface area contributed by atoms with E-state index in [1.165, 1.54) is 17.2 Å². The SMILES string of the molecule is CC1=C[C@@H](O)C[C@H](N(C)C)Cc2nc(co2)C(=O)N2CCC=C2C(=O)OC(C(C)C)[C@H](C)/C=C/C(=O)NCC=C1. The Morgan fingerprint density at radius 3 is 2.65 bits per heavy atom. The largest absolute Gasteiger partial charge is 0.457 e. The number of hydrogen-bond acceptors (Lipinski definition) is 8. The third-order valence-electron chi connectivity index (χ3n) is 7.06. The number of hydrogen-bond donors (Lipinski definition) is 2. The van der Waals surface area contributed by atoms with Gasteiger partial charge < -0.3 is 29.4 Å². The van der Waals surface area contributed by atoms with Crippen LogP contribution in [0, 0.1) is 11.8 Å². The number of aliphatic hydroxyl groups excluding tert-OH is 1. The fourth-order valence-electron chi connectivity index (χ4n) is 4.84. The van der Waals surface area contributed by atoms with E-state index in [-0.39, 0.29) is 35.2 Å². The number of fused-ring (bicyclic) bond motifs is 3. The Bertz CT molecular complexity index is 1180. The van der Waals surface area contributed by atoms with Crippen molar-refractivity contribution in [1.82, 2.24) is 20.1 Å². The van der Waals surface area contributed by atoms with Gasteiger partial charge in [0.2, 0.25) is 5.91 Å². The number of aliphatic hydroxyl groups is 1. The minimum atomic E-state index is -0.717. The number of allylic oxidation sites excluding steroid dienone is 2. The number of amides is 2. The maximum Gasteiger partial charge on any atom is 0.355 e. The van der Waals surface area contributed by atoms with Gasteiger partial charge in [-0.3, -0.25) is 9.59 Å². The quantitative estimate of drug-likeness (QED) is 0.535. The molecule has 2 amide bonds. The molecule has 0 aliphatic carbocycles. The number of rotatable bonds is 2. The Hall–Kier alpha value is -3.50. The molecule has 2 aliphatic heterocycles. The van der Waals surface area contributed by atoms with Gasteiger partial charge in [-0.05, 0) is 45.9 Å². The standard InChI is InChI=1S/C30H42N4O6/c1-19(2)28-21(4)11-12-26(36)31-13-7-9-20(3)15-23(35)16-22(33(5)6)17-27-32-24(18-39-27)29(37)34-14-8-10-25(34)30(38)40-28/h7,9-12,15,18-19,21-23,28,35H,8,13-14,16-17H2,1-6H3,(H,31,36)/b9-7?,12-11+,20-15?/t21-,22+,23-,28?/m1/s1. The molecule has 10 heteroatoms. The molecule has 0 spiro atoms. The topological polar surface area (TPSA) is 125 Å². The van der Waals surface area contributed by atoms with E-state index in [1.54, 1.807) is 18.2 Å². The minimum absolute atomic E-state index is 0.0249. The second-order valence-electron chi connectivity index (χ2n) is 11.0. The van der Waals surface area contributed by atoms with Crippen LogP contribution in [0.3, 0.4) is 0 Å². The van der Waals surface area contributed by atoms with Gasteiger partial charge >= 0.3 is 5.97 Å². The molecule has 40 heavy (non-hydrogen) atoms. The highest BCUT2D eigenvalue weighted by atomic mass is 16.5. The maximum atomic E-state index is 13.3. The van der Waals surface area contributed by atoms with Gasteiger partial charge in [0.05, 0.1) is 6.10 Å². The first-order valence-corrected chi connectivity index (χ1v) is 13.8. The lowest BCUT2D eigenvalue weighted by Crippen LogP contribution is -2.36. The molecule has 218 valence electrons. The van der Waals surface area contributed by atoms with Gasteiger partial charge in [0.15, 0.2) is 11.6 Å². The van der Waals surface area contributed by atoms with Crippen LogP contribution in [0.2, 0.25) is 0 Å². The van der Waals surface area contributed by atoms with Gasteiger partial charge in [-0.1, -0.05) is 56.7 Å². The van der Waals surface area contributed by atoms with Crippen molar-refractivity contribution in [3.63, 3.8) is 0 Å². The first-order chi connectivity index (χ1) is 19.0. The summed E-state index contributed by atoms with van der Waals surface area (Å²) in [6.07, 6.45) is 11.7. The summed E-state index contributed by atoms with van der Waals surface area (Å²) < 4.78 is 11.5. The van der Waals surface area contributed by atoms with E-state index in [1.807, 2.05) is 58.8 Å². The number of cyclic esters (lactones) is 1. The van der Waals surface area contributed by atoms with Crippen molar-refractivity contribution < 1.29 is 28.6 Å². The Labute approximate surface area is 236 Å². The summed E-state index contributed by atoms with van der Waals surface area (Å²) in [4.78, 5) is 46.7. The second kappa shape index (κ2) is 14.2. The zero-order chi connectivity index (χ0) is 29.4. The number of aromatic nitrogens is 1. The molecule has 0 saturated heterocycles. The highest BCUT2D eigenvalue weighted by Crippen LogP contribution is 2.25. The van der Waals surface area contributed by atoms with Gasteiger partial charge in [0.1, 0.15) is 18.1 Å². The number of likely N-dealkylation sites (N-methyl/N-ethyl adjacent to an activating group) is 1. The summed E-state index contributed by atoms with van der Waals surface area (Å²) in [7, 11) is 3.82. The first kappa shape index (κ1) is 31.0. The molecule has 3 rings (SSSR count). The number of carbonyl (C=O) groups excluding carboxylic acids is 3. The molecule has 4 atom stereocenters. The van der Waals surface area contributed by atoms with Crippen molar-refractivity contribution in [3.8, 4) is 0 Å². The molecular formula is C30H42N4O6. The summed E-state index contributed by atoms with van der Waals surface area (Å²) in [6, 6.07) is -0.107. The molecule has 2 aliphatic rings. The average Bonchev–Trinajstić information content (AvgIpc) is 3.57. The second-order valence-corrected chi connectivity index (χ2v) is 11.0. The van der Waals surface area contributed by atoms with E-state index >= 15 is 0 Å². The van der Waals surface area contributed by atoms with E-state index in [4.69, 9.17) is 9.15 Å². The van der Waals surface area contributed by atoms with Crippen LogP contribution >= 0.6 is 0 Å². The van der Waals surface area contributed by atoms with E-state index in [0.29, 0.717) is 38.2 Å². The summed E-state index contributed by atoms with van der Waals surface area (Å²) in [5, 5.41) is 13.5. The summed E-state index contributed by atoms with van der Waals surface area (Å²) in [6.45, 7) is 8.31. The monoisotopic (exact) mass is 554 g/mol. The van der Waals surface area contributed by atoms with Crippen molar-refractivity contribution >= 4 is 17.8 Å². The molecular weight excluding hydrogens is 512 g/mol. The number of ether oxygens (including phenoxy) is 1. The Morgan fingerprint density at radius 1 is 1.20 bits per heavy atom. The third-order valence-corrected chi connectivity index (χ3v) is 7.06. The van der Waals surface area contributed by atoms with Crippen molar-refractivity contribution in [3.05, 3.63) is 65.6 Å². The minimum Gasteiger partial charge on any atom is -0.457 e. The molecule has 0 radical (unpaired) electrons. The van der Waals surface area contributed by atoms with Crippen LogP contribution in [-0.4, -0.2) is 83.1 Å². The maximum absolute atomic E-state index is 13.3. The van der Waals surface area contributed by atoms with Crippen molar-refractivity contribution in [2.24, 2.45) is 11.8 Å². The molecule has 10 nitrogen and oxygen atoms in total. The summed E-state index contributed by atoms with van der Waals surface area (Å²) in [5.74, 6) is -1.19. The van der Waals surface area contributed by atoms with E-state index in [2.05, 4.69) is 10.3 Å². The number of nitrogens with one attached hydrogen (secondary N) is 1. The van der Waals surface area contributed by atoms with E-state index in [0.717, 1.165) is 5.57 Å². The molecule has 3 heterocycles. The number of esters is 1. The molecule has 0 saturated carbocycles. The lowest BCUT2D eigenvalue weighted by atomic mass is 9.94. The van der Waals surface area contributed by atoms with Crippen molar-refractivity contribution in [2.45, 2.75) is 65.2 Å². The van der Waals surface area contributed by atoms with Crippen molar-refractivity contribution in [1.29, 1.82) is 0 Å². The van der Waals surface area contributed by atoms with Crippen LogP contribution in [-0.2, 0) is 20.7 Å². The molecule has 0 fully saturated rings. The smallest absolute Gasteiger partial charge is 0.355 e. The van der Waals surface area contributed by atoms with Gasteiger partial charge in [0, 0.05) is 31.5 Å². The fourth-order valence-corrected chi connectivity index (χ4v) is 4.84. The number of nitrogens with zero attached hydrogens (tertiary/aromatic N) is 3. The number of carbonyl (C=O) groups is 3. The zero-order valence-corrected chi connectivity index (χ0v) is 24.3. The van der Waals surface area contributed by atoms with E-state index < -0.39 is 24.1 Å². The molecule has 1 aromatic rings. The third kappa shape index (κ3) is 8.50. The van der Waals surface area contributed by atoms with Crippen LogP contribution in [0.5, 0.6) is 0 Å². The Morgan fingerprint density at radius 2 is 1.95 bits per heavy atom. The molecule has 2 bridgehead atoms. The van der Waals surface area contributed by atoms with Gasteiger partial charge in [-0.15, -0.1) is 0 Å². The Balaban J connectivity index is 1.90. The predicted molar refractivity (Wildman–Crippen MR) is 151 cm³/mol. The van der Waals surface area contributed by atoms with Gasteiger partial charge in [-0.2, -0.15) is 0 Å². The van der Waals surface area contributed by atoms with E-state index in [9.17, 15) is 19.5 Å². The van der Waals surface area contributed by atoms with Crippen LogP contribution in [0.1, 0.15) is 56.9 Å². The molecule has 1 unspecified atom stereocenters. The first-order valence-electron chi connectivity index (χ1n) is 13.8. The van der Waals surface area contributed by atoms with Gasteiger partial charge in [0.25, 0.3) is 5.91 Å². The van der Waals surface area contributed by atoms with Crippen LogP contribution in [0.4, 0.5) is 0 Å². The highest BCUT2D eigenvalue weighted by molar-refractivity contribution is 6.00. The summed E-state index contributed by atoms with van der Waals surface area (Å²) >= 11 is 0. The molecule has 0 aromatic carbocycles. The van der Waals surface area contributed by atoms with Gasteiger partial charge in [-0.25, -0.2) is 9.78 Å². The molecule has 2 N–H and O–H groups in total. The zero-order valence-electron chi connectivity index (χ0n) is 24.3.